The van der Waals surface area contributed by atoms with Crippen molar-refractivity contribution in [1.29, 1.82) is 5.26 Å². The number of rotatable bonds is 6. The molecule has 1 aromatic rings. The molecular formula is C15H19N3O4S2. The summed E-state index contributed by atoms with van der Waals surface area (Å²) in [5.41, 5.74) is 0.281. The van der Waals surface area contributed by atoms with Crippen molar-refractivity contribution in [2.45, 2.75) is 17.7 Å². The Morgan fingerprint density at radius 2 is 2.12 bits per heavy atom. The van der Waals surface area contributed by atoms with Crippen LogP contribution < -0.4 is 4.72 Å². The molecule has 1 N–H and O–H groups in total. The molecule has 1 atom stereocenters. The van der Waals surface area contributed by atoms with E-state index in [1.54, 1.807) is 6.07 Å². The first-order valence-corrected chi connectivity index (χ1v) is 10.4. The first-order chi connectivity index (χ1) is 11.3. The third-order valence-corrected chi connectivity index (χ3v) is 6.74. The van der Waals surface area contributed by atoms with Crippen molar-refractivity contribution >= 4 is 20.0 Å². The fraction of sp³-hybridized carbons (Fsp3) is 0.400. The summed E-state index contributed by atoms with van der Waals surface area (Å²) >= 11 is 0. The van der Waals surface area contributed by atoms with E-state index in [2.05, 4.69) is 11.3 Å². The van der Waals surface area contributed by atoms with Crippen LogP contribution in [0.4, 0.5) is 0 Å². The molecule has 24 heavy (non-hydrogen) atoms. The maximum Gasteiger partial charge on any atom is 0.243 e. The molecule has 0 aliphatic carbocycles. The lowest BCUT2D eigenvalue weighted by molar-refractivity contribution is 0.267. The average molecular weight is 369 g/mol. The second-order valence-corrected chi connectivity index (χ2v) is 9.22. The molecule has 1 fully saturated rings. The van der Waals surface area contributed by atoms with Gasteiger partial charge >= 0.3 is 0 Å². The van der Waals surface area contributed by atoms with Gasteiger partial charge in [0.1, 0.15) is 0 Å². The number of benzene rings is 1. The van der Waals surface area contributed by atoms with E-state index >= 15 is 0 Å². The molecule has 0 bridgehead atoms. The molecule has 1 heterocycles. The molecule has 0 unspecified atom stereocenters. The zero-order chi connectivity index (χ0) is 17.8. The number of nitriles is 1. The number of hydrogen-bond acceptors (Lipinski definition) is 5. The Bertz CT molecular complexity index is 857. The van der Waals surface area contributed by atoms with E-state index in [9.17, 15) is 16.8 Å². The van der Waals surface area contributed by atoms with Crippen molar-refractivity contribution in [3.63, 3.8) is 0 Å². The second-order valence-electron chi connectivity index (χ2n) is 5.57. The van der Waals surface area contributed by atoms with Crippen LogP contribution in [-0.4, -0.2) is 40.8 Å². The van der Waals surface area contributed by atoms with Gasteiger partial charge in [0.05, 0.1) is 16.5 Å². The van der Waals surface area contributed by atoms with Crippen LogP contribution in [0.5, 0.6) is 0 Å². The average Bonchev–Trinajstić information content (AvgIpc) is 2.60. The fourth-order valence-corrected chi connectivity index (χ4v) is 4.77. The number of hydrogen-bond donors (Lipinski definition) is 1. The third-order valence-electron chi connectivity index (χ3n) is 3.88. The Morgan fingerprint density at radius 1 is 1.38 bits per heavy atom. The Labute approximate surface area is 142 Å². The van der Waals surface area contributed by atoms with Crippen LogP contribution in [-0.2, 0) is 20.0 Å². The Morgan fingerprint density at radius 3 is 2.79 bits per heavy atom. The van der Waals surface area contributed by atoms with Crippen molar-refractivity contribution < 1.29 is 16.8 Å². The highest BCUT2D eigenvalue weighted by Crippen LogP contribution is 2.24. The van der Waals surface area contributed by atoms with Gasteiger partial charge in [0.25, 0.3) is 0 Å². The van der Waals surface area contributed by atoms with Crippen LogP contribution in [0.25, 0.3) is 0 Å². The van der Waals surface area contributed by atoms with Crippen molar-refractivity contribution in [2.75, 3.05) is 19.6 Å². The molecule has 130 valence electrons. The van der Waals surface area contributed by atoms with Gasteiger partial charge in [-0.25, -0.2) is 21.6 Å². The summed E-state index contributed by atoms with van der Waals surface area (Å²) in [7, 11) is -7.23. The summed E-state index contributed by atoms with van der Waals surface area (Å²) in [5, 5.41) is 9.75. The zero-order valence-electron chi connectivity index (χ0n) is 13.1. The molecule has 1 aliphatic rings. The Hall–Kier alpha value is -1.73. The predicted octanol–water partition coefficient (Wildman–Crippen LogP) is 1.02. The van der Waals surface area contributed by atoms with E-state index in [0.717, 1.165) is 11.8 Å². The molecular weight excluding hydrogens is 350 g/mol. The van der Waals surface area contributed by atoms with E-state index < -0.39 is 20.0 Å². The molecule has 0 saturated carbocycles. The van der Waals surface area contributed by atoms with Gasteiger partial charge in [0.2, 0.25) is 20.0 Å². The van der Waals surface area contributed by atoms with Gasteiger partial charge in [0.15, 0.2) is 0 Å². The highest BCUT2D eigenvalue weighted by molar-refractivity contribution is 7.92. The molecule has 0 radical (unpaired) electrons. The van der Waals surface area contributed by atoms with Crippen molar-refractivity contribution in [1.82, 2.24) is 9.03 Å². The molecule has 1 saturated heterocycles. The highest BCUT2D eigenvalue weighted by atomic mass is 32.2. The monoisotopic (exact) mass is 369 g/mol. The molecule has 2 rings (SSSR count). The highest BCUT2D eigenvalue weighted by Gasteiger charge is 2.30. The van der Waals surface area contributed by atoms with Crippen LogP contribution in [0.1, 0.15) is 18.4 Å². The lowest BCUT2D eigenvalue weighted by Crippen LogP contribution is -2.43. The van der Waals surface area contributed by atoms with Gasteiger partial charge < -0.3 is 0 Å². The molecule has 0 amide bonds. The maximum atomic E-state index is 12.7. The first-order valence-electron chi connectivity index (χ1n) is 7.41. The number of piperidine rings is 1. The van der Waals surface area contributed by atoms with Crippen LogP contribution in [0.2, 0.25) is 0 Å². The summed E-state index contributed by atoms with van der Waals surface area (Å²) in [6.45, 7) is 4.00. The van der Waals surface area contributed by atoms with Gasteiger partial charge in [-0.2, -0.15) is 9.57 Å². The fourth-order valence-electron chi connectivity index (χ4n) is 2.58. The zero-order valence-corrected chi connectivity index (χ0v) is 14.7. The number of sulfonamides is 2. The van der Waals surface area contributed by atoms with Crippen molar-refractivity contribution in [3.8, 4) is 6.07 Å². The van der Waals surface area contributed by atoms with Gasteiger partial charge in [-0.3, -0.25) is 0 Å². The molecule has 0 spiro atoms. The minimum absolute atomic E-state index is 0.0777. The Kier molecular flexibility index (Phi) is 5.77. The maximum absolute atomic E-state index is 12.7. The van der Waals surface area contributed by atoms with E-state index in [4.69, 9.17) is 5.26 Å². The van der Waals surface area contributed by atoms with Gasteiger partial charge in [0, 0.05) is 25.0 Å². The lowest BCUT2D eigenvalue weighted by Gasteiger charge is -2.31. The van der Waals surface area contributed by atoms with E-state index in [1.807, 2.05) is 6.07 Å². The standard InChI is InChI=1S/C15H19N3O4S2/c1-2-23(19,20)17-11-14-6-4-8-18(12-14)24(21,22)15-7-3-5-13(9-15)10-16/h2-3,5,7,9,14,17H,1,4,6,8,11-12H2/t14-/m1/s1. The SMILES string of the molecule is C=CS(=O)(=O)NC[C@H]1CCCN(S(=O)(=O)c2cccc(C#N)c2)C1. The summed E-state index contributed by atoms with van der Waals surface area (Å²) in [6.07, 6.45) is 1.39. The largest absolute Gasteiger partial charge is 0.243 e. The van der Waals surface area contributed by atoms with Crippen LogP contribution in [0, 0.1) is 17.2 Å². The molecule has 9 heteroatoms. The van der Waals surface area contributed by atoms with Crippen LogP contribution >= 0.6 is 0 Å². The normalized spacial score (nSPS) is 19.5. The topological polar surface area (TPSA) is 107 Å². The quantitative estimate of drug-likeness (QED) is 0.805. The number of nitrogens with one attached hydrogen (secondary N) is 1. The minimum Gasteiger partial charge on any atom is -0.211 e. The molecule has 1 aromatic carbocycles. The van der Waals surface area contributed by atoms with Crippen LogP contribution in [0.3, 0.4) is 0 Å². The smallest absolute Gasteiger partial charge is 0.211 e. The molecule has 0 aromatic heterocycles. The molecule has 1 aliphatic heterocycles. The Balaban J connectivity index is 2.13. The van der Waals surface area contributed by atoms with E-state index in [1.165, 1.54) is 22.5 Å². The van der Waals surface area contributed by atoms with E-state index in [0.29, 0.717) is 13.0 Å². The molecule has 7 nitrogen and oxygen atoms in total. The van der Waals surface area contributed by atoms with E-state index in [-0.39, 0.29) is 29.5 Å². The summed E-state index contributed by atoms with van der Waals surface area (Å²) in [6, 6.07) is 7.81. The first kappa shape index (κ1) is 18.6. The van der Waals surface area contributed by atoms with Gasteiger partial charge in [-0.05, 0) is 37.0 Å². The van der Waals surface area contributed by atoms with Crippen molar-refractivity contribution in [2.24, 2.45) is 5.92 Å². The summed E-state index contributed by atoms with van der Waals surface area (Å²) < 4.78 is 52.0. The predicted molar refractivity (Wildman–Crippen MR) is 89.8 cm³/mol. The summed E-state index contributed by atoms with van der Waals surface area (Å²) in [5.74, 6) is -0.109. The van der Waals surface area contributed by atoms with Crippen LogP contribution in [0.15, 0.2) is 41.1 Å². The second kappa shape index (κ2) is 7.44. The van der Waals surface area contributed by atoms with Gasteiger partial charge in [-0.1, -0.05) is 12.6 Å². The summed E-state index contributed by atoms with van der Waals surface area (Å²) in [4.78, 5) is 0.0777. The van der Waals surface area contributed by atoms with Crippen molar-refractivity contribution in [3.05, 3.63) is 41.8 Å². The third kappa shape index (κ3) is 4.42. The minimum atomic E-state index is -3.70. The number of nitrogens with zero attached hydrogens (tertiary/aromatic N) is 2. The van der Waals surface area contributed by atoms with Gasteiger partial charge in [-0.15, -0.1) is 0 Å². The lowest BCUT2D eigenvalue weighted by atomic mass is 10.0.